The van der Waals surface area contributed by atoms with Crippen LogP contribution in [0.3, 0.4) is 0 Å². The molecular weight excluding hydrogens is 737 g/mol. The van der Waals surface area contributed by atoms with Crippen LogP contribution in [-0.2, 0) is 30.4 Å². The van der Waals surface area contributed by atoms with Crippen molar-refractivity contribution in [2.45, 2.75) is 39.7 Å². The minimum absolute atomic E-state index is 0.00855. The second-order valence-corrected chi connectivity index (χ2v) is 14.7. The van der Waals surface area contributed by atoms with Gasteiger partial charge in [-0.25, -0.2) is 0 Å². The Morgan fingerprint density at radius 2 is 1.48 bits per heavy atom. The van der Waals surface area contributed by atoms with Gasteiger partial charge in [-0.1, -0.05) is 103 Å². The fourth-order valence-electron chi connectivity index (χ4n) is 4.19. The van der Waals surface area contributed by atoms with E-state index in [0.717, 1.165) is 5.56 Å². The van der Waals surface area contributed by atoms with Crippen LogP contribution in [0, 0.1) is 17.2 Å². The molecule has 0 aliphatic heterocycles. The van der Waals surface area contributed by atoms with E-state index >= 15 is 0 Å². The summed E-state index contributed by atoms with van der Waals surface area (Å²) < 4.78 is 27.5. The van der Waals surface area contributed by atoms with Crippen molar-refractivity contribution in [2.75, 3.05) is 13.2 Å². The molecule has 4 rings (SSSR count). The summed E-state index contributed by atoms with van der Waals surface area (Å²) in [6.45, 7) is 5.25. The van der Waals surface area contributed by atoms with E-state index in [0.29, 0.717) is 35.3 Å². The number of pyridine rings is 1. The van der Waals surface area contributed by atoms with Gasteiger partial charge in [-0.2, -0.15) is 10.2 Å². The topological polar surface area (TPSA) is 99.9 Å². The lowest BCUT2D eigenvalue weighted by Gasteiger charge is -2.22. The van der Waals surface area contributed by atoms with Gasteiger partial charge in [0.2, 0.25) is 12.0 Å². The van der Waals surface area contributed by atoms with E-state index in [-0.39, 0.29) is 27.0 Å². The molecule has 0 aliphatic carbocycles. The number of hydrogen-bond acceptors (Lipinski definition) is 9. The van der Waals surface area contributed by atoms with Crippen molar-refractivity contribution in [1.29, 1.82) is 5.26 Å². The fourth-order valence-corrected chi connectivity index (χ4v) is 6.91. The molecule has 0 aliphatic rings. The van der Waals surface area contributed by atoms with Crippen LogP contribution in [-0.4, -0.2) is 24.2 Å². The van der Waals surface area contributed by atoms with Gasteiger partial charge in [0.1, 0.15) is 22.6 Å². The third kappa shape index (κ3) is 11.9. The molecule has 1 aromatic heterocycles. The third-order valence-corrected chi connectivity index (χ3v) is 9.87. The molecule has 3 aromatic carbocycles. The number of para-hydroxylation sites is 1. The fraction of sp³-hybridized carbons (Fsp3) is 0.265. The average molecular weight is 770 g/mol. The van der Waals surface area contributed by atoms with Crippen molar-refractivity contribution < 1.29 is 27.8 Å². The Balaban J connectivity index is 0.000000297. The SMILES string of the molecule is CC(C)C(C(=O)OC(C#N)c1cccc(Oc2ccccc2)c1)c1ccc(Cl)cc1.CCOP(=S)(OCC)Oc1nc(Cl)c(Cl)cc1Cl. The summed E-state index contributed by atoms with van der Waals surface area (Å²) in [5.41, 5.74) is 1.36. The predicted octanol–water partition coefficient (Wildman–Crippen LogP) is 11.4. The van der Waals surface area contributed by atoms with Crippen LogP contribution >= 0.6 is 53.1 Å². The van der Waals surface area contributed by atoms with Crippen LogP contribution in [0.1, 0.15) is 50.8 Å². The minimum Gasteiger partial charge on any atom is -0.457 e. The Morgan fingerprint density at radius 1 is 0.854 bits per heavy atom. The zero-order chi connectivity index (χ0) is 35.3. The van der Waals surface area contributed by atoms with Gasteiger partial charge in [-0.15, -0.1) is 0 Å². The maximum absolute atomic E-state index is 13.0. The molecule has 14 heteroatoms. The number of rotatable bonds is 13. The Labute approximate surface area is 306 Å². The van der Waals surface area contributed by atoms with Crippen LogP contribution in [0.5, 0.6) is 17.4 Å². The van der Waals surface area contributed by atoms with Crippen molar-refractivity contribution >= 4 is 70.9 Å². The van der Waals surface area contributed by atoms with Gasteiger partial charge in [-0.3, -0.25) is 13.8 Å². The Hall–Kier alpha value is -2.90. The highest BCUT2D eigenvalue weighted by molar-refractivity contribution is 8.07. The molecule has 0 saturated carbocycles. The van der Waals surface area contributed by atoms with Crippen LogP contribution in [0.15, 0.2) is 84.9 Å². The molecule has 48 heavy (non-hydrogen) atoms. The summed E-state index contributed by atoms with van der Waals surface area (Å²) in [6, 6.07) is 26.9. The normalized spacial score (nSPS) is 12.2. The quantitative estimate of drug-likeness (QED) is 0.0747. The molecule has 0 amide bonds. The summed E-state index contributed by atoms with van der Waals surface area (Å²) in [5, 5.41) is 10.7. The second kappa shape index (κ2) is 19.3. The summed E-state index contributed by atoms with van der Waals surface area (Å²) in [4.78, 5) is 16.9. The number of halogens is 4. The monoisotopic (exact) mass is 768 g/mol. The van der Waals surface area contributed by atoms with Gasteiger partial charge in [-0.05, 0) is 67.8 Å². The third-order valence-electron chi connectivity index (χ3n) is 6.27. The molecule has 0 bridgehead atoms. The first-order chi connectivity index (χ1) is 22.9. The van der Waals surface area contributed by atoms with Crippen molar-refractivity contribution in [2.24, 2.45) is 5.92 Å². The average Bonchev–Trinajstić information content (AvgIpc) is 3.04. The van der Waals surface area contributed by atoms with E-state index in [1.54, 1.807) is 50.2 Å². The number of aromatic nitrogens is 1. The van der Waals surface area contributed by atoms with Crippen molar-refractivity contribution in [3.63, 3.8) is 0 Å². The number of benzene rings is 3. The Bertz CT molecular complexity index is 1730. The molecule has 2 atom stereocenters. The molecule has 254 valence electrons. The number of carbonyl (C=O) groups excluding carboxylic acids is 1. The van der Waals surface area contributed by atoms with Gasteiger partial charge in [0, 0.05) is 22.4 Å². The van der Waals surface area contributed by atoms with E-state index in [1.807, 2.05) is 56.3 Å². The molecule has 0 spiro atoms. The number of esters is 1. The first kappa shape index (κ1) is 39.5. The smallest absolute Gasteiger partial charge is 0.381 e. The molecule has 1 heterocycles. The molecule has 2 unspecified atom stereocenters. The van der Waals surface area contributed by atoms with E-state index in [2.05, 4.69) is 11.1 Å². The van der Waals surface area contributed by atoms with Crippen LogP contribution in [0.2, 0.25) is 20.2 Å². The van der Waals surface area contributed by atoms with Gasteiger partial charge in [0.05, 0.1) is 24.2 Å². The van der Waals surface area contributed by atoms with E-state index in [1.165, 1.54) is 6.07 Å². The number of carbonyl (C=O) groups is 1. The van der Waals surface area contributed by atoms with E-state index < -0.39 is 24.7 Å². The maximum atomic E-state index is 13.0. The number of hydrogen-bond donors (Lipinski definition) is 0. The molecule has 0 saturated heterocycles. The number of nitrogens with zero attached hydrogens (tertiary/aromatic N) is 2. The number of ether oxygens (including phenoxy) is 2. The predicted molar refractivity (Wildman–Crippen MR) is 194 cm³/mol. The molecule has 4 aromatic rings. The molecule has 8 nitrogen and oxygen atoms in total. The molecule has 0 N–H and O–H groups in total. The molecular formula is C34H33Cl4N2O6PS. The first-order valence-electron chi connectivity index (χ1n) is 14.7. The van der Waals surface area contributed by atoms with Crippen molar-refractivity contribution in [1.82, 2.24) is 4.98 Å². The molecule has 0 radical (unpaired) electrons. The lowest BCUT2D eigenvalue weighted by atomic mass is 9.88. The zero-order valence-corrected chi connectivity index (χ0v) is 31.2. The Morgan fingerprint density at radius 3 is 2.06 bits per heavy atom. The minimum atomic E-state index is -2.92. The summed E-state index contributed by atoms with van der Waals surface area (Å²) in [6.07, 6.45) is -1.04. The second-order valence-electron chi connectivity index (χ2n) is 10.1. The van der Waals surface area contributed by atoms with Crippen molar-refractivity contribution in [3.8, 4) is 23.4 Å². The number of nitriles is 1. The van der Waals surface area contributed by atoms with E-state index in [9.17, 15) is 10.1 Å². The molecule has 0 fully saturated rings. The highest BCUT2D eigenvalue weighted by Gasteiger charge is 2.29. The largest absolute Gasteiger partial charge is 0.457 e. The summed E-state index contributed by atoms with van der Waals surface area (Å²) in [5.74, 6) is 0.341. The zero-order valence-electron chi connectivity index (χ0n) is 26.4. The maximum Gasteiger partial charge on any atom is 0.381 e. The summed E-state index contributed by atoms with van der Waals surface area (Å²) >= 11 is 28.6. The Kier molecular flexibility index (Phi) is 15.9. The van der Waals surface area contributed by atoms with E-state index in [4.69, 9.17) is 81.3 Å². The van der Waals surface area contributed by atoms with Crippen molar-refractivity contribution in [3.05, 3.63) is 116 Å². The van der Waals surface area contributed by atoms with Gasteiger partial charge in [0.25, 0.3) is 0 Å². The lowest BCUT2D eigenvalue weighted by Crippen LogP contribution is -2.22. The highest BCUT2D eigenvalue weighted by Crippen LogP contribution is 2.51. The van der Waals surface area contributed by atoms with Crippen LogP contribution in [0.4, 0.5) is 0 Å². The standard InChI is InChI=1S/C25H22ClNO3.C9H11Cl3NO3PS/c1-17(2)24(18-11-13-20(26)14-12-18)25(28)30-23(16-27)19-7-6-10-22(15-19)29-21-8-4-3-5-9-21;1-3-14-17(18,15-4-2)16-9-7(11)5-6(10)8(12)13-9/h3-15,17,23-24H,1-2H3;5H,3-4H2,1-2H3. The van der Waals surface area contributed by atoms with Gasteiger partial charge in [0.15, 0.2) is 5.15 Å². The van der Waals surface area contributed by atoms with Gasteiger partial charge >= 0.3 is 12.7 Å². The van der Waals surface area contributed by atoms with Crippen LogP contribution < -0.4 is 9.26 Å². The highest BCUT2D eigenvalue weighted by atomic mass is 35.5. The van der Waals surface area contributed by atoms with Gasteiger partial charge < -0.3 is 14.0 Å². The first-order valence-corrected chi connectivity index (χ1v) is 18.7. The summed E-state index contributed by atoms with van der Waals surface area (Å²) in [7, 11) is 0. The lowest BCUT2D eigenvalue weighted by molar-refractivity contribution is -0.150. The van der Waals surface area contributed by atoms with Crippen LogP contribution in [0.25, 0.3) is 0 Å².